The van der Waals surface area contributed by atoms with E-state index in [1.807, 2.05) is 112 Å². The van der Waals surface area contributed by atoms with Gasteiger partial charge in [0.25, 0.3) is 20.0 Å². The average Bonchev–Trinajstić information content (AvgIpc) is 3.44. The highest BCUT2D eigenvalue weighted by Crippen LogP contribution is 2.45. The number of allylic oxidation sites excluding steroid dienone is 1. The molecule has 0 saturated carbocycles. The van der Waals surface area contributed by atoms with Crippen LogP contribution in [-0.4, -0.2) is 30.0 Å². The number of fused-ring (bicyclic) bond motifs is 1. The molecule has 2 unspecified atom stereocenters. The third kappa shape index (κ3) is 7.86. The largest absolute Gasteiger partial charge is 0.495 e. The predicted octanol–water partition coefficient (Wildman–Crippen LogP) is 9.82. The number of nitrogens with zero attached hydrogens (tertiary/aromatic N) is 2. The molecule has 0 bridgehead atoms. The van der Waals surface area contributed by atoms with Crippen molar-refractivity contribution in [1.29, 1.82) is 0 Å². The first kappa shape index (κ1) is 40.5. The Morgan fingerprint density at radius 1 is 0.696 bits per heavy atom. The molecule has 7 nitrogen and oxygen atoms in total. The van der Waals surface area contributed by atoms with E-state index in [0.29, 0.717) is 27.7 Å². The summed E-state index contributed by atoms with van der Waals surface area (Å²) < 4.78 is 59.4. The van der Waals surface area contributed by atoms with Crippen molar-refractivity contribution in [3.05, 3.63) is 107 Å². The summed E-state index contributed by atoms with van der Waals surface area (Å²) >= 11 is 0. The van der Waals surface area contributed by atoms with Crippen LogP contribution in [-0.2, 0) is 20.0 Å². The van der Waals surface area contributed by atoms with Gasteiger partial charge in [0.15, 0.2) is 0 Å². The fraction of sp³-hybridized carbons (Fsp3) is 0.405. The summed E-state index contributed by atoms with van der Waals surface area (Å²) in [7, 11) is -5.47. The number of sulfonamides is 2. The minimum Gasteiger partial charge on any atom is -0.495 e. The number of anilines is 2. The molecule has 2 aliphatic heterocycles. The third-order valence-corrected chi connectivity index (χ3v) is 11.4. The van der Waals surface area contributed by atoms with Crippen LogP contribution in [0.15, 0.2) is 101 Å². The monoisotopic (exact) mass is 670 g/mol. The number of hydrogen-bond acceptors (Lipinski definition) is 5. The standard InChI is InChI=1S/C16H17NO2S.C15H19NO3S.3C2H6/c1-3-14-13-9-5-7-11-16(13)20(18,19)17(14)15-10-6-4-8-12(15)2;1-5-12-11(3)15(6-2)20(17,18)16(12)13-9-7-8-10-14(13)19-4;3*1-2/h4-11,14H,3H2,1-2H3;6-10,12H,2,5H2,1,3-4H3;3*1-2H3. The Balaban J connectivity index is 0.000000396. The lowest BCUT2D eigenvalue weighted by atomic mass is 10.0. The van der Waals surface area contributed by atoms with Gasteiger partial charge >= 0.3 is 0 Å². The van der Waals surface area contributed by atoms with Gasteiger partial charge in [0.2, 0.25) is 0 Å². The average molecular weight is 671 g/mol. The Kier molecular flexibility index (Phi) is 16.3. The zero-order chi connectivity index (χ0) is 35.2. The first-order valence-corrected chi connectivity index (χ1v) is 19.1. The van der Waals surface area contributed by atoms with Gasteiger partial charge in [-0.15, -0.1) is 0 Å². The van der Waals surface area contributed by atoms with Crippen molar-refractivity contribution >= 4 is 31.4 Å². The van der Waals surface area contributed by atoms with Crippen molar-refractivity contribution in [2.75, 3.05) is 15.7 Å². The second-order valence-electron chi connectivity index (χ2n) is 9.70. The van der Waals surface area contributed by atoms with Gasteiger partial charge < -0.3 is 4.74 Å². The topological polar surface area (TPSA) is 84.0 Å². The lowest BCUT2D eigenvalue weighted by Crippen LogP contribution is -2.35. The van der Waals surface area contributed by atoms with E-state index in [-0.39, 0.29) is 12.1 Å². The van der Waals surface area contributed by atoms with Crippen molar-refractivity contribution in [1.82, 2.24) is 0 Å². The number of aryl methyl sites for hydroxylation is 1. The molecule has 3 aromatic rings. The number of ether oxygens (including phenoxy) is 1. The Morgan fingerprint density at radius 3 is 1.70 bits per heavy atom. The molecular weight excluding hydrogens is 617 g/mol. The highest BCUT2D eigenvalue weighted by atomic mass is 32.2. The number of rotatable bonds is 6. The maximum Gasteiger partial charge on any atom is 0.265 e. The lowest BCUT2D eigenvalue weighted by molar-refractivity contribution is 0.415. The molecule has 0 aliphatic carbocycles. The summed E-state index contributed by atoms with van der Waals surface area (Å²) in [5.74, 6) is 0.549. The highest BCUT2D eigenvalue weighted by Gasteiger charge is 2.43. The van der Waals surface area contributed by atoms with Gasteiger partial charge in [-0.05, 0) is 73.7 Å². The van der Waals surface area contributed by atoms with Crippen molar-refractivity contribution in [2.24, 2.45) is 0 Å². The molecule has 0 amide bonds. The number of benzene rings is 3. The second-order valence-corrected chi connectivity index (χ2v) is 13.3. The Morgan fingerprint density at radius 2 is 1.17 bits per heavy atom. The Labute approximate surface area is 279 Å². The quantitative estimate of drug-likeness (QED) is 0.261. The van der Waals surface area contributed by atoms with Crippen molar-refractivity contribution in [3.63, 3.8) is 0 Å². The molecule has 0 fully saturated rings. The van der Waals surface area contributed by atoms with Crippen molar-refractivity contribution in [3.8, 4) is 5.75 Å². The van der Waals surface area contributed by atoms with Crippen LogP contribution in [0.5, 0.6) is 5.75 Å². The smallest absolute Gasteiger partial charge is 0.265 e. The molecule has 46 heavy (non-hydrogen) atoms. The van der Waals surface area contributed by atoms with E-state index in [9.17, 15) is 16.8 Å². The molecule has 0 aromatic heterocycles. The van der Waals surface area contributed by atoms with Crippen LogP contribution >= 0.6 is 0 Å². The molecule has 9 heteroatoms. The summed E-state index contributed by atoms with van der Waals surface area (Å²) in [6.45, 7) is 23.4. The van der Waals surface area contributed by atoms with E-state index in [4.69, 9.17) is 4.74 Å². The highest BCUT2D eigenvalue weighted by molar-refractivity contribution is 7.97. The van der Waals surface area contributed by atoms with Crippen LogP contribution in [0.3, 0.4) is 0 Å². The second kappa shape index (κ2) is 18.6. The molecule has 0 radical (unpaired) electrons. The van der Waals surface area contributed by atoms with Crippen LogP contribution in [0.1, 0.15) is 92.3 Å². The molecule has 2 atom stereocenters. The Hall–Kier alpha value is -3.56. The van der Waals surface area contributed by atoms with Gasteiger partial charge in [-0.25, -0.2) is 16.8 Å². The molecule has 3 aromatic carbocycles. The molecule has 2 heterocycles. The normalized spacial score (nSPS) is 18.2. The van der Waals surface area contributed by atoms with E-state index in [2.05, 4.69) is 6.58 Å². The van der Waals surface area contributed by atoms with Gasteiger partial charge in [-0.3, -0.25) is 8.61 Å². The van der Waals surface area contributed by atoms with Gasteiger partial charge in [0.1, 0.15) is 5.75 Å². The maximum absolute atomic E-state index is 12.8. The van der Waals surface area contributed by atoms with Crippen LogP contribution in [0, 0.1) is 6.92 Å². The fourth-order valence-corrected chi connectivity index (χ4v) is 9.59. The number of methoxy groups -OCH3 is 1. The summed E-state index contributed by atoms with van der Waals surface area (Å²) in [6.07, 6.45) is 2.87. The summed E-state index contributed by atoms with van der Waals surface area (Å²) in [6, 6.07) is 21.8. The van der Waals surface area contributed by atoms with Crippen LogP contribution in [0.4, 0.5) is 11.4 Å². The van der Waals surface area contributed by atoms with E-state index < -0.39 is 20.0 Å². The maximum atomic E-state index is 12.8. The van der Waals surface area contributed by atoms with Gasteiger partial charge in [0.05, 0.1) is 40.4 Å². The van der Waals surface area contributed by atoms with E-state index in [0.717, 1.165) is 28.8 Å². The minimum atomic E-state index is -3.56. The molecule has 0 spiro atoms. The van der Waals surface area contributed by atoms with Gasteiger partial charge in [0, 0.05) is 0 Å². The fourth-order valence-electron chi connectivity index (χ4n) is 5.55. The lowest BCUT2D eigenvalue weighted by Gasteiger charge is -2.27. The van der Waals surface area contributed by atoms with Crippen molar-refractivity contribution < 1.29 is 21.6 Å². The first-order valence-electron chi connectivity index (χ1n) is 16.3. The summed E-state index contributed by atoms with van der Waals surface area (Å²) in [5, 5.41) is 0. The van der Waals surface area contributed by atoms with Crippen LogP contribution in [0.2, 0.25) is 0 Å². The third-order valence-electron chi connectivity index (χ3n) is 7.44. The number of hydrogen-bond donors (Lipinski definition) is 0. The zero-order valence-corrected chi connectivity index (χ0v) is 31.2. The van der Waals surface area contributed by atoms with E-state index in [1.54, 1.807) is 34.6 Å². The molecule has 0 N–H and O–H groups in total. The van der Waals surface area contributed by atoms with Gasteiger partial charge in [-0.1, -0.05) is 110 Å². The first-order chi connectivity index (χ1) is 22.1. The zero-order valence-electron chi connectivity index (χ0n) is 29.5. The number of para-hydroxylation sites is 3. The van der Waals surface area contributed by atoms with Crippen molar-refractivity contribution in [2.45, 2.75) is 99.1 Å². The molecular formula is C37H54N2O5S2. The molecule has 254 valence electrons. The molecule has 2 aliphatic rings. The minimum absolute atomic E-state index is 0.114. The van der Waals surface area contributed by atoms with Crippen LogP contribution < -0.4 is 13.3 Å². The van der Waals surface area contributed by atoms with Gasteiger partial charge in [-0.2, -0.15) is 0 Å². The van der Waals surface area contributed by atoms with E-state index >= 15 is 0 Å². The molecule has 5 rings (SSSR count). The predicted molar refractivity (Wildman–Crippen MR) is 196 cm³/mol. The summed E-state index contributed by atoms with van der Waals surface area (Å²) in [5.41, 5.74) is 4.04. The van der Waals surface area contributed by atoms with Crippen LogP contribution in [0.25, 0.3) is 0 Å². The van der Waals surface area contributed by atoms with E-state index in [1.165, 1.54) is 17.5 Å². The molecule has 0 saturated heterocycles. The summed E-state index contributed by atoms with van der Waals surface area (Å²) in [4.78, 5) is 0.741. The Bertz CT molecular complexity index is 1660. The SMILES string of the molecule is C=CC1=C(C)C(CC)N(c2ccccc2OC)S1(=O)=O.CC.CC.CC.CCC1c2ccccc2S(=O)(=O)N1c1ccccc1C.